The molecule has 0 bridgehead atoms. The van der Waals surface area contributed by atoms with Crippen molar-refractivity contribution < 1.29 is 28.5 Å². The van der Waals surface area contributed by atoms with Crippen LogP contribution in [0.5, 0.6) is 17.2 Å². The van der Waals surface area contributed by atoms with Crippen molar-refractivity contribution in [1.82, 2.24) is 5.32 Å². The van der Waals surface area contributed by atoms with E-state index in [-0.39, 0.29) is 18.3 Å². The van der Waals surface area contributed by atoms with E-state index in [1.807, 2.05) is 79.7 Å². The van der Waals surface area contributed by atoms with Crippen LogP contribution in [0, 0.1) is 0 Å². The van der Waals surface area contributed by atoms with E-state index in [1.165, 1.54) is 0 Å². The first-order valence-electron chi connectivity index (χ1n) is 13.8. The van der Waals surface area contributed by atoms with Gasteiger partial charge in [-0.05, 0) is 55.5 Å². The molecule has 0 saturated heterocycles. The summed E-state index contributed by atoms with van der Waals surface area (Å²) in [7, 11) is 3.20. The highest BCUT2D eigenvalue weighted by molar-refractivity contribution is 6.04. The Morgan fingerprint density at radius 1 is 0.902 bits per heavy atom. The van der Waals surface area contributed by atoms with E-state index in [9.17, 15) is 9.59 Å². The van der Waals surface area contributed by atoms with Crippen LogP contribution in [-0.4, -0.2) is 32.6 Å². The highest BCUT2D eigenvalue weighted by Crippen LogP contribution is 2.48. The summed E-state index contributed by atoms with van der Waals surface area (Å²) in [6.07, 6.45) is 0.905. The lowest BCUT2D eigenvalue weighted by atomic mass is 9.71. The molecule has 5 rings (SSSR count). The fourth-order valence-electron chi connectivity index (χ4n) is 5.76. The fourth-order valence-corrected chi connectivity index (χ4v) is 5.76. The number of para-hydroxylation sites is 1. The average Bonchev–Trinajstić information content (AvgIpc) is 2.99. The number of dihydropyridines is 1. The Bertz CT molecular complexity index is 1510. The molecule has 7 nitrogen and oxygen atoms in total. The molecule has 1 aliphatic carbocycles. The van der Waals surface area contributed by atoms with Crippen molar-refractivity contribution in [2.24, 2.45) is 0 Å². The quantitative estimate of drug-likeness (QED) is 0.316. The van der Waals surface area contributed by atoms with Gasteiger partial charge in [0, 0.05) is 29.0 Å². The van der Waals surface area contributed by atoms with Gasteiger partial charge in [0.2, 0.25) is 0 Å². The number of nitrogens with one attached hydrogen (secondary N) is 1. The maximum atomic E-state index is 14.0. The molecule has 1 heterocycles. The van der Waals surface area contributed by atoms with Crippen molar-refractivity contribution in [3.63, 3.8) is 0 Å². The molecule has 2 atom stereocenters. The number of hydrogen-bond acceptors (Lipinski definition) is 7. The molecule has 0 unspecified atom stereocenters. The van der Waals surface area contributed by atoms with Gasteiger partial charge in [-0.25, -0.2) is 4.79 Å². The van der Waals surface area contributed by atoms with E-state index in [1.54, 1.807) is 21.1 Å². The van der Waals surface area contributed by atoms with Crippen LogP contribution in [0.3, 0.4) is 0 Å². The largest absolute Gasteiger partial charge is 0.493 e. The van der Waals surface area contributed by atoms with E-state index in [0.29, 0.717) is 53.5 Å². The second-order valence-electron chi connectivity index (χ2n) is 10.2. The topological polar surface area (TPSA) is 83.1 Å². The number of carbonyl (C=O) groups is 2. The van der Waals surface area contributed by atoms with Gasteiger partial charge in [-0.2, -0.15) is 0 Å². The van der Waals surface area contributed by atoms with Gasteiger partial charge >= 0.3 is 5.97 Å². The summed E-state index contributed by atoms with van der Waals surface area (Å²) in [5.41, 5.74) is 5.28. The number of carbonyl (C=O) groups excluding carboxylic acids is 2. The van der Waals surface area contributed by atoms with Gasteiger partial charge in [0.15, 0.2) is 17.3 Å². The number of rotatable bonds is 9. The van der Waals surface area contributed by atoms with Crippen LogP contribution in [0.15, 0.2) is 95.3 Å². The first kappa shape index (κ1) is 28.0. The molecular formula is C34H35NO6. The third kappa shape index (κ3) is 5.71. The number of Topliss-reactive ketones (excluding diaryl/α,β-unsaturated/α-hetero) is 1. The summed E-state index contributed by atoms with van der Waals surface area (Å²) in [6, 6.07) is 23.3. The van der Waals surface area contributed by atoms with Crippen molar-refractivity contribution in [2.45, 2.75) is 45.1 Å². The number of ketones is 1. The Morgan fingerprint density at radius 3 is 2.37 bits per heavy atom. The number of methoxy groups -OCH3 is 2. The second-order valence-corrected chi connectivity index (χ2v) is 10.2. The van der Waals surface area contributed by atoms with E-state index in [0.717, 1.165) is 22.4 Å². The number of ether oxygens (including phenoxy) is 4. The normalized spacial score (nSPS) is 18.4. The van der Waals surface area contributed by atoms with Crippen LogP contribution in [0.2, 0.25) is 0 Å². The maximum Gasteiger partial charge on any atom is 0.336 e. The summed E-state index contributed by atoms with van der Waals surface area (Å²) >= 11 is 0. The van der Waals surface area contributed by atoms with Crippen molar-refractivity contribution >= 4 is 11.8 Å². The Morgan fingerprint density at radius 2 is 1.63 bits per heavy atom. The minimum absolute atomic E-state index is 0.0179. The summed E-state index contributed by atoms with van der Waals surface area (Å²) in [5.74, 6) is 0.750. The zero-order valence-corrected chi connectivity index (χ0v) is 23.9. The van der Waals surface area contributed by atoms with Crippen LogP contribution in [0.25, 0.3) is 0 Å². The lowest BCUT2D eigenvalue weighted by molar-refractivity contribution is -0.138. The molecule has 1 N–H and O–H groups in total. The smallest absolute Gasteiger partial charge is 0.336 e. The first-order valence-corrected chi connectivity index (χ1v) is 13.8. The number of esters is 1. The van der Waals surface area contributed by atoms with Gasteiger partial charge in [-0.15, -0.1) is 0 Å². The lowest BCUT2D eigenvalue weighted by Gasteiger charge is -2.37. The summed E-state index contributed by atoms with van der Waals surface area (Å²) in [6.45, 7) is 4.23. The van der Waals surface area contributed by atoms with Crippen LogP contribution in [-0.2, 0) is 20.9 Å². The lowest BCUT2D eigenvalue weighted by Crippen LogP contribution is -2.36. The van der Waals surface area contributed by atoms with Crippen LogP contribution in [0.4, 0.5) is 0 Å². The molecule has 0 saturated carbocycles. The number of hydrogen-bond donors (Lipinski definition) is 1. The zero-order valence-electron chi connectivity index (χ0n) is 23.9. The highest BCUT2D eigenvalue weighted by atomic mass is 16.5. The van der Waals surface area contributed by atoms with Gasteiger partial charge in [0.05, 0.1) is 32.3 Å². The zero-order chi connectivity index (χ0) is 28.9. The Kier molecular flexibility index (Phi) is 8.43. The average molecular weight is 554 g/mol. The monoisotopic (exact) mass is 553 g/mol. The molecular weight excluding hydrogens is 518 g/mol. The van der Waals surface area contributed by atoms with Crippen LogP contribution < -0.4 is 19.5 Å². The van der Waals surface area contributed by atoms with E-state index in [2.05, 4.69) is 5.32 Å². The van der Waals surface area contributed by atoms with Crippen molar-refractivity contribution in [3.05, 3.63) is 112 Å². The van der Waals surface area contributed by atoms with Gasteiger partial charge in [0.1, 0.15) is 12.4 Å². The van der Waals surface area contributed by atoms with E-state index in [4.69, 9.17) is 18.9 Å². The Hall–Kier alpha value is -4.52. The third-order valence-electron chi connectivity index (χ3n) is 7.67. The number of benzene rings is 3. The molecule has 0 aromatic heterocycles. The Labute approximate surface area is 240 Å². The molecule has 0 fully saturated rings. The fraction of sp³-hybridized carbons (Fsp3) is 0.294. The molecule has 0 amide bonds. The van der Waals surface area contributed by atoms with Crippen molar-refractivity contribution in [2.75, 3.05) is 20.8 Å². The van der Waals surface area contributed by atoms with E-state index < -0.39 is 11.9 Å². The third-order valence-corrected chi connectivity index (χ3v) is 7.67. The molecule has 41 heavy (non-hydrogen) atoms. The van der Waals surface area contributed by atoms with Gasteiger partial charge in [-0.3, -0.25) is 4.79 Å². The van der Waals surface area contributed by atoms with Crippen LogP contribution >= 0.6 is 0 Å². The highest BCUT2D eigenvalue weighted by Gasteiger charge is 2.42. The van der Waals surface area contributed by atoms with Crippen molar-refractivity contribution in [1.29, 1.82) is 0 Å². The maximum absolute atomic E-state index is 14.0. The van der Waals surface area contributed by atoms with Crippen LogP contribution in [0.1, 0.15) is 55.2 Å². The summed E-state index contributed by atoms with van der Waals surface area (Å²) in [5, 5.41) is 3.41. The molecule has 7 heteroatoms. The van der Waals surface area contributed by atoms with Gasteiger partial charge < -0.3 is 24.3 Å². The summed E-state index contributed by atoms with van der Waals surface area (Å²) < 4.78 is 22.7. The predicted octanol–water partition coefficient (Wildman–Crippen LogP) is 6.21. The molecule has 0 spiro atoms. The molecule has 1 aliphatic heterocycles. The molecule has 0 radical (unpaired) electrons. The van der Waals surface area contributed by atoms with E-state index >= 15 is 0 Å². The van der Waals surface area contributed by atoms with Gasteiger partial charge in [-0.1, -0.05) is 54.6 Å². The molecule has 212 valence electrons. The minimum atomic E-state index is -0.615. The standard InChI is InChI=1S/C34H35NO6/c1-5-40-34(37)31-21(2)35-26-17-24(23-15-16-29(38-3)30(19-23)39-4)18-27(36)33(26)32(31)25-13-9-10-14-28(25)41-20-22-11-7-6-8-12-22/h6-16,19,24,32,35H,5,17-18,20H2,1-4H3/t24-,32-/m0/s1. The second kappa shape index (κ2) is 12.3. The molecule has 2 aliphatic rings. The summed E-state index contributed by atoms with van der Waals surface area (Å²) in [4.78, 5) is 27.4. The van der Waals surface area contributed by atoms with Crippen molar-refractivity contribution in [3.8, 4) is 17.2 Å². The first-order chi connectivity index (χ1) is 19.9. The molecule has 3 aromatic rings. The Balaban J connectivity index is 1.56. The van der Waals surface area contributed by atoms with Gasteiger partial charge in [0.25, 0.3) is 0 Å². The SMILES string of the molecule is CCOC(=O)C1=C(C)NC2=C(C(=O)C[C@@H](c3ccc(OC)c(OC)c3)C2)[C@H]1c1ccccc1OCc1ccccc1. The minimum Gasteiger partial charge on any atom is -0.493 e. The number of allylic oxidation sites excluding steroid dienone is 3. The molecule has 3 aromatic carbocycles. The predicted molar refractivity (Wildman–Crippen MR) is 156 cm³/mol.